The summed E-state index contributed by atoms with van der Waals surface area (Å²) in [6, 6.07) is 0. The van der Waals surface area contributed by atoms with Crippen molar-refractivity contribution in [3.63, 3.8) is 0 Å². The fraction of sp³-hybridized carbons (Fsp3) is 0.692. The van der Waals surface area contributed by atoms with Gasteiger partial charge in [-0.2, -0.15) is 5.10 Å². The molecule has 2 rings (SSSR count). The van der Waals surface area contributed by atoms with E-state index in [1.54, 1.807) is 10.9 Å². The average Bonchev–Trinajstić information content (AvgIpc) is 2.80. The maximum absolute atomic E-state index is 12.5. The maximum Gasteiger partial charge on any atom is 0.274 e. The zero-order valence-corrected chi connectivity index (χ0v) is 11.6. The Balaban J connectivity index is 2.12. The molecule has 0 aromatic carbocycles. The van der Waals surface area contributed by atoms with Gasteiger partial charge in [0.25, 0.3) is 5.91 Å². The molecule has 1 amide bonds. The SMILES string of the molecule is CCOC1CCCN(C(=O)c2c(N)cnn2CC)C1. The highest BCUT2D eigenvalue weighted by Gasteiger charge is 2.27. The highest BCUT2D eigenvalue weighted by atomic mass is 16.5. The van der Waals surface area contributed by atoms with Crippen LogP contribution >= 0.6 is 0 Å². The molecule has 1 fully saturated rings. The number of nitrogen functional groups attached to an aromatic ring is 1. The number of amides is 1. The molecule has 0 radical (unpaired) electrons. The van der Waals surface area contributed by atoms with Crippen molar-refractivity contribution in [1.29, 1.82) is 0 Å². The highest BCUT2D eigenvalue weighted by Crippen LogP contribution is 2.19. The molecular formula is C13H22N4O2. The van der Waals surface area contributed by atoms with Crippen LogP contribution in [0.5, 0.6) is 0 Å². The van der Waals surface area contributed by atoms with E-state index in [2.05, 4.69) is 5.10 Å². The maximum atomic E-state index is 12.5. The molecule has 6 nitrogen and oxygen atoms in total. The molecule has 1 saturated heterocycles. The Bertz CT molecular complexity index is 442. The zero-order chi connectivity index (χ0) is 13.8. The van der Waals surface area contributed by atoms with Gasteiger partial charge in [-0.3, -0.25) is 9.48 Å². The van der Waals surface area contributed by atoms with E-state index in [9.17, 15) is 4.79 Å². The number of nitrogens with zero attached hydrogens (tertiary/aromatic N) is 3. The molecule has 1 aromatic heterocycles. The summed E-state index contributed by atoms with van der Waals surface area (Å²) in [6.45, 7) is 6.65. The van der Waals surface area contributed by atoms with Gasteiger partial charge in [-0.15, -0.1) is 0 Å². The van der Waals surface area contributed by atoms with E-state index in [-0.39, 0.29) is 12.0 Å². The van der Waals surface area contributed by atoms with E-state index in [1.807, 2.05) is 18.7 Å². The van der Waals surface area contributed by atoms with Crippen LogP contribution in [0, 0.1) is 0 Å². The number of aromatic nitrogens is 2. The van der Waals surface area contributed by atoms with Gasteiger partial charge in [-0.05, 0) is 26.7 Å². The predicted octanol–water partition coefficient (Wildman–Crippen LogP) is 1.13. The second-order valence-electron chi connectivity index (χ2n) is 4.74. The van der Waals surface area contributed by atoms with E-state index < -0.39 is 0 Å². The number of carbonyl (C=O) groups is 1. The molecule has 0 aliphatic carbocycles. The molecule has 1 aliphatic heterocycles. The van der Waals surface area contributed by atoms with E-state index >= 15 is 0 Å². The Hall–Kier alpha value is -1.56. The normalized spacial score (nSPS) is 19.7. The molecule has 2 N–H and O–H groups in total. The van der Waals surface area contributed by atoms with Crippen molar-refractivity contribution < 1.29 is 9.53 Å². The fourth-order valence-electron chi connectivity index (χ4n) is 2.52. The number of hydrogen-bond donors (Lipinski definition) is 1. The number of likely N-dealkylation sites (tertiary alicyclic amines) is 1. The molecule has 1 atom stereocenters. The number of piperidine rings is 1. The Morgan fingerprint density at radius 3 is 3.05 bits per heavy atom. The first-order chi connectivity index (χ1) is 9.17. The lowest BCUT2D eigenvalue weighted by atomic mass is 10.1. The number of aryl methyl sites for hydroxylation is 1. The number of nitrogens with two attached hydrogens (primary N) is 1. The van der Waals surface area contributed by atoms with Gasteiger partial charge in [-0.25, -0.2) is 0 Å². The first kappa shape index (κ1) is 13.9. The molecule has 0 bridgehead atoms. The number of carbonyl (C=O) groups excluding carboxylic acids is 1. The van der Waals surface area contributed by atoms with E-state index in [0.717, 1.165) is 19.4 Å². The second kappa shape index (κ2) is 6.06. The number of ether oxygens (including phenoxy) is 1. The summed E-state index contributed by atoms with van der Waals surface area (Å²) in [5.74, 6) is -0.0405. The van der Waals surface area contributed by atoms with Gasteiger partial charge < -0.3 is 15.4 Å². The summed E-state index contributed by atoms with van der Waals surface area (Å²) in [5, 5.41) is 4.12. The minimum absolute atomic E-state index is 0.0405. The quantitative estimate of drug-likeness (QED) is 0.886. The van der Waals surface area contributed by atoms with Crippen LogP contribution in [-0.4, -0.2) is 46.4 Å². The number of hydrogen-bond acceptors (Lipinski definition) is 4. The Labute approximate surface area is 113 Å². The van der Waals surface area contributed by atoms with Gasteiger partial charge in [0.15, 0.2) is 0 Å². The molecule has 19 heavy (non-hydrogen) atoms. The van der Waals surface area contributed by atoms with Crippen molar-refractivity contribution in [2.24, 2.45) is 0 Å². The molecular weight excluding hydrogens is 244 g/mol. The lowest BCUT2D eigenvalue weighted by Gasteiger charge is -2.32. The summed E-state index contributed by atoms with van der Waals surface area (Å²) in [5.41, 5.74) is 6.80. The lowest BCUT2D eigenvalue weighted by Crippen LogP contribution is -2.44. The van der Waals surface area contributed by atoms with Crippen LogP contribution in [0.1, 0.15) is 37.2 Å². The monoisotopic (exact) mass is 266 g/mol. The molecule has 1 aromatic rings. The van der Waals surface area contributed by atoms with Crippen LogP contribution < -0.4 is 5.73 Å². The zero-order valence-electron chi connectivity index (χ0n) is 11.6. The lowest BCUT2D eigenvalue weighted by molar-refractivity contribution is 0.00685. The first-order valence-corrected chi connectivity index (χ1v) is 6.89. The van der Waals surface area contributed by atoms with Crippen LogP contribution in [0.15, 0.2) is 6.20 Å². The summed E-state index contributed by atoms with van der Waals surface area (Å²) in [4.78, 5) is 14.4. The van der Waals surface area contributed by atoms with Crippen molar-refractivity contribution in [3.8, 4) is 0 Å². The van der Waals surface area contributed by atoms with Crippen molar-refractivity contribution in [3.05, 3.63) is 11.9 Å². The van der Waals surface area contributed by atoms with Crippen molar-refractivity contribution in [2.45, 2.75) is 39.3 Å². The van der Waals surface area contributed by atoms with Crippen LogP contribution in [-0.2, 0) is 11.3 Å². The Morgan fingerprint density at radius 1 is 1.58 bits per heavy atom. The van der Waals surface area contributed by atoms with Crippen molar-refractivity contribution >= 4 is 11.6 Å². The van der Waals surface area contributed by atoms with Crippen LogP contribution in [0.2, 0.25) is 0 Å². The standard InChI is InChI=1S/C13H22N4O2/c1-3-17-12(11(14)8-15-17)13(18)16-7-5-6-10(9-16)19-4-2/h8,10H,3-7,9,14H2,1-2H3. The minimum atomic E-state index is -0.0405. The van der Waals surface area contributed by atoms with Gasteiger partial charge in [0.1, 0.15) is 5.69 Å². The molecule has 0 saturated carbocycles. The third kappa shape index (κ3) is 2.89. The summed E-state index contributed by atoms with van der Waals surface area (Å²) in [6.07, 6.45) is 3.67. The number of rotatable bonds is 4. The average molecular weight is 266 g/mol. The van der Waals surface area contributed by atoms with Crippen LogP contribution in [0.4, 0.5) is 5.69 Å². The van der Waals surface area contributed by atoms with Crippen molar-refractivity contribution in [1.82, 2.24) is 14.7 Å². The van der Waals surface area contributed by atoms with Gasteiger partial charge in [0, 0.05) is 26.2 Å². The smallest absolute Gasteiger partial charge is 0.274 e. The van der Waals surface area contributed by atoms with Crippen LogP contribution in [0.3, 0.4) is 0 Å². The fourth-order valence-corrected chi connectivity index (χ4v) is 2.52. The molecule has 106 valence electrons. The molecule has 2 heterocycles. The third-order valence-electron chi connectivity index (χ3n) is 3.44. The Morgan fingerprint density at radius 2 is 2.37 bits per heavy atom. The van der Waals surface area contributed by atoms with Gasteiger partial charge in [0.2, 0.25) is 0 Å². The summed E-state index contributed by atoms with van der Waals surface area (Å²) >= 11 is 0. The van der Waals surface area contributed by atoms with Gasteiger partial charge in [-0.1, -0.05) is 0 Å². The molecule has 6 heteroatoms. The van der Waals surface area contributed by atoms with Gasteiger partial charge in [0.05, 0.1) is 18.0 Å². The van der Waals surface area contributed by atoms with E-state index in [4.69, 9.17) is 10.5 Å². The highest BCUT2D eigenvalue weighted by molar-refractivity contribution is 5.97. The second-order valence-corrected chi connectivity index (χ2v) is 4.74. The van der Waals surface area contributed by atoms with E-state index in [0.29, 0.717) is 31.1 Å². The van der Waals surface area contributed by atoms with E-state index in [1.165, 1.54) is 0 Å². The minimum Gasteiger partial charge on any atom is -0.396 e. The predicted molar refractivity (Wildman–Crippen MR) is 72.9 cm³/mol. The van der Waals surface area contributed by atoms with Gasteiger partial charge >= 0.3 is 0 Å². The molecule has 0 spiro atoms. The van der Waals surface area contributed by atoms with Crippen molar-refractivity contribution in [2.75, 3.05) is 25.4 Å². The summed E-state index contributed by atoms with van der Waals surface area (Å²) < 4.78 is 7.27. The molecule has 1 unspecified atom stereocenters. The number of anilines is 1. The third-order valence-corrected chi connectivity index (χ3v) is 3.44. The summed E-state index contributed by atoms with van der Waals surface area (Å²) in [7, 11) is 0. The Kier molecular flexibility index (Phi) is 4.42. The largest absolute Gasteiger partial charge is 0.396 e. The first-order valence-electron chi connectivity index (χ1n) is 6.89. The topological polar surface area (TPSA) is 73.4 Å². The molecule has 1 aliphatic rings. The van der Waals surface area contributed by atoms with Crippen LogP contribution in [0.25, 0.3) is 0 Å².